The van der Waals surface area contributed by atoms with E-state index in [-0.39, 0.29) is 12.2 Å². The van der Waals surface area contributed by atoms with E-state index in [9.17, 15) is 17.6 Å². The summed E-state index contributed by atoms with van der Waals surface area (Å²) in [5, 5.41) is 0.351. The molecule has 2 aliphatic rings. The van der Waals surface area contributed by atoms with Crippen LogP contribution in [0.1, 0.15) is 25.7 Å². The van der Waals surface area contributed by atoms with Crippen LogP contribution in [0.4, 0.5) is 17.6 Å². The Balaban J connectivity index is 1.70. The van der Waals surface area contributed by atoms with Crippen molar-refractivity contribution >= 4 is 11.8 Å². The molecule has 0 radical (unpaired) electrons. The van der Waals surface area contributed by atoms with E-state index in [1.54, 1.807) is 11.8 Å². The highest BCUT2D eigenvalue weighted by Gasteiger charge is 2.44. The monoisotopic (exact) mass is 358 g/mol. The first-order chi connectivity index (χ1) is 10.9. The molecular weight excluding hydrogens is 336 g/mol. The van der Waals surface area contributed by atoms with Gasteiger partial charge in [0.2, 0.25) is 0 Å². The van der Waals surface area contributed by atoms with E-state index in [2.05, 4.69) is 4.74 Å². The maximum atomic E-state index is 12.9. The summed E-state index contributed by atoms with van der Waals surface area (Å²) in [6.45, 7) is 1.28. The molecule has 0 aromatic rings. The molecule has 134 valence electrons. The van der Waals surface area contributed by atoms with Crippen LogP contribution in [0.5, 0.6) is 0 Å². The van der Waals surface area contributed by atoms with Gasteiger partial charge >= 0.3 is 12.5 Å². The van der Waals surface area contributed by atoms with Crippen LogP contribution in [0.15, 0.2) is 12.2 Å². The first kappa shape index (κ1) is 19.0. The van der Waals surface area contributed by atoms with Crippen LogP contribution in [-0.4, -0.2) is 49.6 Å². The van der Waals surface area contributed by atoms with Crippen molar-refractivity contribution in [3.8, 4) is 0 Å². The summed E-state index contributed by atoms with van der Waals surface area (Å²) in [4.78, 5) is 0. The van der Waals surface area contributed by atoms with E-state index in [4.69, 9.17) is 9.47 Å². The van der Waals surface area contributed by atoms with Gasteiger partial charge in [-0.25, -0.2) is 8.78 Å². The molecule has 23 heavy (non-hydrogen) atoms. The van der Waals surface area contributed by atoms with Crippen molar-refractivity contribution in [2.45, 2.75) is 55.9 Å². The molecule has 0 aromatic heterocycles. The van der Waals surface area contributed by atoms with Crippen molar-refractivity contribution in [3.05, 3.63) is 12.2 Å². The maximum Gasteiger partial charge on any atom is 0.416 e. The quantitative estimate of drug-likeness (QED) is 0.528. The first-order valence-corrected chi connectivity index (χ1v) is 8.97. The summed E-state index contributed by atoms with van der Waals surface area (Å²) in [7, 11) is 0. The molecule has 2 fully saturated rings. The highest BCUT2D eigenvalue weighted by atomic mass is 32.2. The molecule has 0 unspecified atom stereocenters. The van der Waals surface area contributed by atoms with E-state index in [1.165, 1.54) is 0 Å². The Morgan fingerprint density at radius 2 is 1.70 bits per heavy atom. The topological polar surface area (TPSA) is 27.7 Å². The largest absolute Gasteiger partial charge is 0.416 e. The van der Waals surface area contributed by atoms with Crippen LogP contribution in [0, 0.1) is 5.92 Å². The van der Waals surface area contributed by atoms with Crippen LogP contribution in [0.3, 0.4) is 0 Å². The standard InChI is InChI=1S/C15H22F4O3S/c1-23-12-8-20-13(21-9-12)7-4-10-2-5-11(6-3-10)22-15(18,19)14(16)17/h4,7,10-14H,2-3,5-6,8-9H2,1H3/b7-4+. The number of hydrogen-bond donors (Lipinski definition) is 0. The zero-order chi connectivity index (χ0) is 16.9. The molecule has 0 spiro atoms. The molecule has 1 aliphatic heterocycles. The fraction of sp³-hybridized carbons (Fsp3) is 0.867. The van der Waals surface area contributed by atoms with Gasteiger partial charge < -0.3 is 14.2 Å². The van der Waals surface area contributed by atoms with Gasteiger partial charge in [0.1, 0.15) is 0 Å². The second kappa shape index (κ2) is 8.69. The van der Waals surface area contributed by atoms with Gasteiger partial charge in [0.05, 0.1) is 24.6 Å². The summed E-state index contributed by atoms with van der Waals surface area (Å²) >= 11 is 1.70. The second-order valence-corrected chi connectivity index (χ2v) is 6.93. The molecule has 0 aromatic carbocycles. The smallest absolute Gasteiger partial charge is 0.348 e. The SMILES string of the molecule is CSC1COC(/C=C/C2CCC(OC(F)(F)C(F)F)CC2)OC1. The van der Waals surface area contributed by atoms with E-state index in [1.807, 2.05) is 18.4 Å². The number of hydrogen-bond acceptors (Lipinski definition) is 4. The number of halogens is 4. The minimum absolute atomic E-state index is 0.209. The average Bonchev–Trinajstić information content (AvgIpc) is 2.54. The Morgan fingerprint density at radius 3 is 2.22 bits per heavy atom. The molecular formula is C15H22F4O3S. The lowest BCUT2D eigenvalue weighted by atomic mass is 9.87. The minimum atomic E-state index is -4.36. The molecule has 0 amide bonds. The maximum absolute atomic E-state index is 12.9. The third-order valence-electron chi connectivity index (χ3n) is 4.06. The summed E-state index contributed by atoms with van der Waals surface area (Å²) in [5.41, 5.74) is 0. The lowest BCUT2D eigenvalue weighted by Gasteiger charge is -2.30. The second-order valence-electron chi connectivity index (χ2n) is 5.79. The fourth-order valence-corrected chi connectivity index (χ4v) is 3.10. The van der Waals surface area contributed by atoms with Crippen LogP contribution in [-0.2, 0) is 14.2 Å². The van der Waals surface area contributed by atoms with Crippen LogP contribution >= 0.6 is 11.8 Å². The Kier molecular flexibility index (Phi) is 7.19. The number of allylic oxidation sites excluding steroid dienone is 1. The van der Waals surface area contributed by atoms with Crippen molar-refractivity contribution in [1.29, 1.82) is 0 Å². The lowest BCUT2D eigenvalue weighted by Crippen LogP contribution is -2.36. The Morgan fingerprint density at radius 1 is 1.09 bits per heavy atom. The third kappa shape index (κ3) is 5.92. The molecule has 1 heterocycles. The van der Waals surface area contributed by atoms with E-state index >= 15 is 0 Å². The van der Waals surface area contributed by atoms with Crippen molar-refractivity contribution in [2.75, 3.05) is 19.5 Å². The fourth-order valence-electron chi connectivity index (χ4n) is 2.67. The zero-order valence-corrected chi connectivity index (χ0v) is 13.7. The number of ether oxygens (including phenoxy) is 3. The summed E-state index contributed by atoms with van der Waals surface area (Å²) < 4.78 is 65.3. The molecule has 1 saturated carbocycles. The predicted molar refractivity (Wildman–Crippen MR) is 79.9 cm³/mol. The average molecular weight is 358 g/mol. The van der Waals surface area contributed by atoms with Crippen molar-refractivity contribution < 1.29 is 31.8 Å². The van der Waals surface area contributed by atoms with Gasteiger partial charge in [-0.1, -0.05) is 6.08 Å². The Bertz CT molecular complexity index is 379. The van der Waals surface area contributed by atoms with Gasteiger partial charge in [-0.3, -0.25) is 0 Å². The number of rotatable bonds is 6. The van der Waals surface area contributed by atoms with Crippen LogP contribution in [0.25, 0.3) is 0 Å². The zero-order valence-electron chi connectivity index (χ0n) is 12.9. The molecule has 0 bridgehead atoms. The number of alkyl halides is 4. The first-order valence-electron chi connectivity index (χ1n) is 7.69. The van der Waals surface area contributed by atoms with Gasteiger partial charge in [-0.2, -0.15) is 20.5 Å². The molecule has 1 saturated heterocycles. The van der Waals surface area contributed by atoms with Gasteiger partial charge in [0.25, 0.3) is 0 Å². The lowest BCUT2D eigenvalue weighted by molar-refractivity contribution is -0.321. The van der Waals surface area contributed by atoms with E-state index < -0.39 is 18.6 Å². The van der Waals surface area contributed by atoms with Crippen LogP contribution < -0.4 is 0 Å². The molecule has 2 rings (SSSR count). The summed E-state index contributed by atoms with van der Waals surface area (Å²) in [5.74, 6) is 0.209. The molecule has 8 heteroatoms. The van der Waals surface area contributed by atoms with Gasteiger partial charge in [-0.05, 0) is 43.9 Å². The van der Waals surface area contributed by atoms with Crippen molar-refractivity contribution in [1.82, 2.24) is 0 Å². The predicted octanol–water partition coefficient (Wildman–Crippen LogP) is 4.08. The van der Waals surface area contributed by atoms with Crippen molar-refractivity contribution in [2.24, 2.45) is 5.92 Å². The van der Waals surface area contributed by atoms with Crippen LogP contribution in [0.2, 0.25) is 0 Å². The normalized spacial score (nSPS) is 33.5. The number of thioether (sulfide) groups is 1. The summed E-state index contributed by atoms with van der Waals surface area (Å²) in [6.07, 6.45) is -1.56. The van der Waals surface area contributed by atoms with E-state index in [0.717, 1.165) is 0 Å². The molecule has 1 aliphatic carbocycles. The van der Waals surface area contributed by atoms with Gasteiger partial charge in [-0.15, -0.1) is 0 Å². The minimum Gasteiger partial charge on any atom is -0.348 e. The van der Waals surface area contributed by atoms with Crippen molar-refractivity contribution in [3.63, 3.8) is 0 Å². The van der Waals surface area contributed by atoms with Gasteiger partial charge in [0.15, 0.2) is 6.29 Å². The van der Waals surface area contributed by atoms with Gasteiger partial charge in [0, 0.05) is 0 Å². The molecule has 0 N–H and O–H groups in total. The highest BCUT2D eigenvalue weighted by Crippen LogP contribution is 2.33. The third-order valence-corrected chi connectivity index (χ3v) is 5.00. The highest BCUT2D eigenvalue weighted by molar-refractivity contribution is 7.99. The Labute approximate surface area is 137 Å². The summed E-state index contributed by atoms with van der Waals surface area (Å²) in [6, 6.07) is 0. The Hall–Kier alpha value is -0.310. The molecule has 0 atom stereocenters. The molecule has 3 nitrogen and oxygen atoms in total. The van der Waals surface area contributed by atoms with E-state index in [0.29, 0.717) is 44.1 Å².